The van der Waals surface area contributed by atoms with E-state index in [1.807, 2.05) is 31.2 Å². The van der Waals surface area contributed by atoms with Gasteiger partial charge in [-0.2, -0.15) is 0 Å². The average molecular weight is 417 g/mol. The van der Waals surface area contributed by atoms with E-state index < -0.39 is 0 Å². The molecule has 150 valence electrons. The molecule has 0 spiro atoms. The van der Waals surface area contributed by atoms with Crippen LogP contribution in [-0.4, -0.2) is 24.7 Å². The molecule has 1 N–H and O–H groups in total. The van der Waals surface area contributed by atoms with E-state index in [0.29, 0.717) is 5.75 Å². The van der Waals surface area contributed by atoms with Crippen LogP contribution in [0.15, 0.2) is 48.5 Å². The first-order chi connectivity index (χ1) is 13.5. The van der Waals surface area contributed by atoms with Crippen LogP contribution in [0.3, 0.4) is 0 Å². The van der Waals surface area contributed by atoms with Crippen molar-refractivity contribution in [3.8, 4) is 0 Å². The second-order valence-electron chi connectivity index (χ2n) is 7.66. The van der Waals surface area contributed by atoms with Crippen molar-refractivity contribution in [1.82, 2.24) is 5.32 Å². The van der Waals surface area contributed by atoms with Crippen molar-refractivity contribution >= 4 is 35.0 Å². The van der Waals surface area contributed by atoms with Gasteiger partial charge in [0.25, 0.3) is 0 Å². The van der Waals surface area contributed by atoms with Gasteiger partial charge >= 0.3 is 0 Å². The lowest BCUT2D eigenvalue weighted by atomic mass is 9.99. The van der Waals surface area contributed by atoms with Gasteiger partial charge in [0.15, 0.2) is 0 Å². The quantitative estimate of drug-likeness (QED) is 0.629. The first kappa shape index (κ1) is 21.1. The van der Waals surface area contributed by atoms with E-state index in [9.17, 15) is 4.79 Å². The van der Waals surface area contributed by atoms with Crippen LogP contribution in [0.2, 0.25) is 5.02 Å². The Morgan fingerprint density at radius 3 is 2.71 bits per heavy atom. The second-order valence-corrected chi connectivity index (χ2v) is 9.05. The van der Waals surface area contributed by atoms with Crippen molar-refractivity contribution in [1.29, 1.82) is 0 Å². The number of carbonyl (C=O) groups is 1. The summed E-state index contributed by atoms with van der Waals surface area (Å²) in [7, 11) is 0. The first-order valence-corrected chi connectivity index (χ1v) is 11.5. The normalized spacial score (nSPS) is 18.0. The number of nitrogens with one attached hydrogen (secondary N) is 1. The number of thioether (sulfide) groups is 1. The van der Waals surface area contributed by atoms with Crippen LogP contribution < -0.4 is 10.2 Å². The van der Waals surface area contributed by atoms with Gasteiger partial charge in [0.1, 0.15) is 0 Å². The lowest BCUT2D eigenvalue weighted by molar-refractivity contribution is -0.119. The number of benzene rings is 2. The number of hydrogen-bond donors (Lipinski definition) is 1. The lowest BCUT2D eigenvalue weighted by Crippen LogP contribution is -2.34. The Morgan fingerprint density at radius 1 is 1.25 bits per heavy atom. The Hall–Kier alpha value is -1.65. The maximum absolute atomic E-state index is 12.3. The van der Waals surface area contributed by atoms with Gasteiger partial charge < -0.3 is 10.2 Å². The zero-order valence-corrected chi connectivity index (χ0v) is 18.2. The molecule has 5 heteroatoms. The van der Waals surface area contributed by atoms with Gasteiger partial charge in [0.05, 0.1) is 11.8 Å². The predicted molar refractivity (Wildman–Crippen MR) is 121 cm³/mol. The number of amides is 1. The van der Waals surface area contributed by atoms with Gasteiger partial charge in [-0.3, -0.25) is 4.79 Å². The Balaban J connectivity index is 1.46. The number of nitrogens with zero attached hydrogens (tertiary/aromatic N) is 1. The molecule has 1 fully saturated rings. The van der Waals surface area contributed by atoms with E-state index in [-0.39, 0.29) is 11.9 Å². The van der Waals surface area contributed by atoms with Crippen molar-refractivity contribution in [3.63, 3.8) is 0 Å². The SMILES string of the molecule is C[C@H]1CCCN(c2ccc([C@@H](C)NC(=O)CSCc3ccccc3Cl)cc2)C1. The highest BCUT2D eigenvalue weighted by molar-refractivity contribution is 7.99. The minimum Gasteiger partial charge on any atom is -0.371 e. The molecule has 28 heavy (non-hydrogen) atoms. The standard InChI is InChI=1S/C23H29ClN2OS/c1-17-6-5-13-26(14-17)21-11-9-19(10-12-21)18(2)25-23(27)16-28-15-20-7-3-4-8-22(20)24/h3-4,7-12,17-18H,5-6,13-16H2,1-2H3,(H,25,27)/t17-,18+/m0/s1. The molecular weight excluding hydrogens is 388 g/mol. The fourth-order valence-electron chi connectivity index (χ4n) is 3.63. The van der Waals surface area contributed by atoms with Gasteiger partial charge in [-0.1, -0.05) is 48.9 Å². The third-order valence-electron chi connectivity index (χ3n) is 5.24. The van der Waals surface area contributed by atoms with E-state index in [2.05, 4.69) is 41.4 Å². The van der Waals surface area contributed by atoms with Crippen LogP contribution >= 0.6 is 23.4 Å². The molecule has 1 heterocycles. The maximum atomic E-state index is 12.3. The number of anilines is 1. The van der Waals surface area contributed by atoms with Crippen LogP contribution in [0.25, 0.3) is 0 Å². The van der Waals surface area contributed by atoms with Crippen molar-refractivity contribution in [3.05, 3.63) is 64.7 Å². The van der Waals surface area contributed by atoms with E-state index in [0.717, 1.165) is 40.9 Å². The van der Waals surface area contributed by atoms with Crippen molar-refractivity contribution in [2.24, 2.45) is 5.92 Å². The molecule has 0 unspecified atom stereocenters. The third-order valence-corrected chi connectivity index (χ3v) is 6.59. The fourth-order valence-corrected chi connectivity index (χ4v) is 4.76. The van der Waals surface area contributed by atoms with Crippen molar-refractivity contribution in [2.75, 3.05) is 23.7 Å². The highest BCUT2D eigenvalue weighted by Crippen LogP contribution is 2.25. The van der Waals surface area contributed by atoms with Crippen LogP contribution in [0, 0.1) is 5.92 Å². The molecule has 0 saturated carbocycles. The summed E-state index contributed by atoms with van der Waals surface area (Å²) in [5.74, 6) is 1.98. The van der Waals surface area contributed by atoms with Crippen LogP contribution in [0.4, 0.5) is 5.69 Å². The molecule has 0 aliphatic carbocycles. The summed E-state index contributed by atoms with van der Waals surface area (Å²) in [5.41, 5.74) is 3.49. The third kappa shape index (κ3) is 5.92. The molecule has 2 aromatic carbocycles. The summed E-state index contributed by atoms with van der Waals surface area (Å²) in [6.07, 6.45) is 2.59. The molecule has 3 nitrogen and oxygen atoms in total. The van der Waals surface area contributed by atoms with E-state index >= 15 is 0 Å². The van der Waals surface area contributed by atoms with E-state index in [1.54, 1.807) is 11.8 Å². The molecule has 1 saturated heterocycles. The zero-order chi connectivity index (χ0) is 19.9. The largest absolute Gasteiger partial charge is 0.371 e. The minimum absolute atomic E-state index is 0.00254. The van der Waals surface area contributed by atoms with Gasteiger partial charge in [-0.25, -0.2) is 0 Å². The van der Waals surface area contributed by atoms with Crippen molar-refractivity contribution < 1.29 is 4.79 Å². The van der Waals surface area contributed by atoms with Crippen LogP contribution in [0.1, 0.15) is 43.9 Å². The molecule has 2 aromatic rings. The minimum atomic E-state index is 0.00254. The van der Waals surface area contributed by atoms with E-state index in [1.165, 1.54) is 18.5 Å². The van der Waals surface area contributed by atoms with Gasteiger partial charge in [0.2, 0.25) is 5.91 Å². The van der Waals surface area contributed by atoms with Gasteiger partial charge in [-0.05, 0) is 55.0 Å². The zero-order valence-electron chi connectivity index (χ0n) is 16.7. The number of hydrogen-bond acceptors (Lipinski definition) is 3. The Bertz CT molecular complexity index is 780. The Kier molecular flexibility index (Phi) is 7.69. The number of rotatable bonds is 7. The fraction of sp³-hybridized carbons (Fsp3) is 0.435. The van der Waals surface area contributed by atoms with Crippen LogP contribution in [-0.2, 0) is 10.5 Å². The summed E-state index contributed by atoms with van der Waals surface area (Å²) in [5, 5.41) is 3.85. The summed E-state index contributed by atoms with van der Waals surface area (Å²) < 4.78 is 0. The Morgan fingerprint density at radius 2 is 2.00 bits per heavy atom. The monoisotopic (exact) mass is 416 g/mol. The molecule has 0 bridgehead atoms. The smallest absolute Gasteiger partial charge is 0.230 e. The first-order valence-electron chi connectivity index (χ1n) is 9.98. The molecule has 1 aliphatic heterocycles. The molecule has 2 atom stereocenters. The maximum Gasteiger partial charge on any atom is 0.230 e. The van der Waals surface area contributed by atoms with Crippen LogP contribution in [0.5, 0.6) is 0 Å². The second kappa shape index (κ2) is 10.2. The molecule has 1 amide bonds. The number of halogens is 1. The topological polar surface area (TPSA) is 32.3 Å². The van der Waals surface area contributed by atoms with E-state index in [4.69, 9.17) is 11.6 Å². The summed E-state index contributed by atoms with van der Waals surface area (Å²) in [6, 6.07) is 16.4. The molecule has 1 aliphatic rings. The Labute approximate surface area is 177 Å². The highest BCUT2D eigenvalue weighted by atomic mass is 35.5. The summed E-state index contributed by atoms with van der Waals surface area (Å²) >= 11 is 7.75. The predicted octanol–water partition coefficient (Wildman–Crippen LogP) is 5.69. The lowest BCUT2D eigenvalue weighted by Gasteiger charge is -2.33. The van der Waals surface area contributed by atoms with Gasteiger partial charge in [-0.15, -0.1) is 11.8 Å². The molecular formula is C23H29ClN2OS. The molecule has 0 aromatic heterocycles. The molecule has 0 radical (unpaired) electrons. The van der Waals surface area contributed by atoms with Crippen molar-refractivity contribution in [2.45, 2.75) is 38.5 Å². The average Bonchev–Trinajstić information content (AvgIpc) is 2.69. The molecule has 3 rings (SSSR count). The summed E-state index contributed by atoms with van der Waals surface area (Å²) in [4.78, 5) is 14.7. The number of piperidine rings is 1. The van der Waals surface area contributed by atoms with Gasteiger partial charge in [0, 0.05) is 29.6 Å². The highest BCUT2D eigenvalue weighted by Gasteiger charge is 2.17. The summed E-state index contributed by atoms with van der Waals surface area (Å²) in [6.45, 7) is 6.63. The number of carbonyl (C=O) groups excluding carboxylic acids is 1.